The summed E-state index contributed by atoms with van der Waals surface area (Å²) in [5.41, 5.74) is 7.83. The van der Waals surface area contributed by atoms with Crippen molar-refractivity contribution in [2.75, 3.05) is 73.5 Å². The van der Waals surface area contributed by atoms with Crippen LogP contribution in [-0.2, 0) is 40.4 Å². The molecule has 5 amide bonds. The van der Waals surface area contributed by atoms with Crippen molar-refractivity contribution in [1.82, 2.24) is 35.7 Å². The number of unbranched alkanes of at least 4 members (excludes halogenated alkanes) is 1. The first-order valence-electron chi connectivity index (χ1n) is 25.6. The smallest absolute Gasteiger partial charge is 0.320 e. The van der Waals surface area contributed by atoms with Gasteiger partial charge in [-0.15, -0.1) is 0 Å². The number of nitrogens with zero attached hydrogens (tertiary/aromatic N) is 7. The standard InChI is InChI=1S/C56H65ClN12O6/c1-6-7-23-60-34-75-56-64-46-33-66(47-14-9-12-38-11-8-13-45(57)49(38)47)24-21-43(46)51(65-56)67-25-26-68(41(31-67)20-22-58)53(72)37(4)29-61-50-39(30-62-55(74)63-40-18-16-35(2)36(3)28-40)17-19-42-44(50)32-69(54(42)73)48(15-10-27-70)52(71)59-5/h8-9,11-14,16-19,27-28,41,48,60-61H,4,6-7,10,15,20-21,23-26,29-34H2,1-3,5H3,(H,59,71)(H2,62,63,74). The summed E-state index contributed by atoms with van der Waals surface area (Å²) < 4.78 is 6.15. The van der Waals surface area contributed by atoms with E-state index in [0.717, 1.165) is 58.2 Å². The van der Waals surface area contributed by atoms with Crippen LogP contribution in [0.1, 0.15) is 82.9 Å². The number of nitriles is 1. The molecule has 1 fully saturated rings. The molecule has 0 saturated carbocycles. The van der Waals surface area contributed by atoms with Crippen molar-refractivity contribution in [3.63, 3.8) is 0 Å². The van der Waals surface area contributed by atoms with Gasteiger partial charge in [-0.1, -0.05) is 67.9 Å². The van der Waals surface area contributed by atoms with Gasteiger partial charge in [-0.2, -0.15) is 15.2 Å². The first kappa shape index (κ1) is 53.5. The molecule has 0 aliphatic carbocycles. The molecule has 0 bridgehead atoms. The topological polar surface area (TPSA) is 217 Å². The van der Waals surface area contributed by atoms with Crippen molar-refractivity contribution in [3.8, 4) is 12.1 Å². The molecule has 5 N–H and O–H groups in total. The maximum atomic E-state index is 14.6. The van der Waals surface area contributed by atoms with Crippen LogP contribution < -0.4 is 41.1 Å². The molecule has 75 heavy (non-hydrogen) atoms. The van der Waals surface area contributed by atoms with E-state index in [0.29, 0.717) is 77.8 Å². The first-order valence-corrected chi connectivity index (χ1v) is 25.9. The predicted molar refractivity (Wildman–Crippen MR) is 291 cm³/mol. The summed E-state index contributed by atoms with van der Waals surface area (Å²) in [7, 11) is 1.48. The van der Waals surface area contributed by atoms with Crippen molar-refractivity contribution in [2.45, 2.75) is 91.0 Å². The number of rotatable bonds is 21. The highest BCUT2D eigenvalue weighted by atomic mass is 35.5. The Morgan fingerprint density at radius 2 is 1.81 bits per heavy atom. The number of ether oxygens (including phenoxy) is 1. The fraction of sp³-hybridized carbons (Fsp3) is 0.393. The molecule has 18 nitrogen and oxygen atoms in total. The molecule has 3 aliphatic rings. The summed E-state index contributed by atoms with van der Waals surface area (Å²) in [6.45, 7) is 13.5. The number of aldehydes is 1. The SMILES string of the molecule is C=C(CNc1c(CNC(=O)Nc2ccc(C)c(C)c2)ccc2c1CN(C(CCC=O)C(=O)NC)C2=O)C(=O)N1CCN(c2nc(OCNCCCC)nc3c2CCN(c2cccc4cccc(Cl)c24)C3)CC1CC#N. The van der Waals surface area contributed by atoms with Crippen LogP contribution in [0.4, 0.5) is 27.7 Å². The van der Waals surface area contributed by atoms with Crippen molar-refractivity contribution >= 4 is 75.3 Å². The summed E-state index contributed by atoms with van der Waals surface area (Å²) in [6, 6.07) is 21.8. The number of carbonyl (C=O) groups excluding carboxylic acids is 5. The normalized spacial score (nSPS) is 15.4. The number of amides is 5. The number of hydrogen-bond donors (Lipinski definition) is 5. The summed E-state index contributed by atoms with van der Waals surface area (Å²) in [5, 5.41) is 28.0. The van der Waals surface area contributed by atoms with Crippen molar-refractivity contribution in [3.05, 3.63) is 123 Å². The van der Waals surface area contributed by atoms with Gasteiger partial charge in [-0.25, -0.2) is 4.79 Å². The molecule has 8 rings (SSSR count). The van der Waals surface area contributed by atoms with E-state index in [9.17, 15) is 29.2 Å². The Kier molecular flexibility index (Phi) is 17.5. The molecule has 5 aromatic rings. The van der Waals surface area contributed by atoms with Gasteiger partial charge in [0, 0.05) is 104 Å². The summed E-state index contributed by atoms with van der Waals surface area (Å²) in [5.74, 6) is -0.415. The molecule has 392 valence electrons. The van der Waals surface area contributed by atoms with Gasteiger partial charge in [-0.3, -0.25) is 19.7 Å². The minimum atomic E-state index is -0.908. The number of halogens is 1. The number of nitrogens with one attached hydrogen (secondary N) is 5. The third kappa shape index (κ3) is 12.1. The Bertz CT molecular complexity index is 3030. The third-order valence-electron chi connectivity index (χ3n) is 14.3. The molecule has 4 heterocycles. The average Bonchev–Trinajstić information content (AvgIpc) is 3.75. The zero-order chi connectivity index (χ0) is 53.2. The molecule has 0 radical (unpaired) electrons. The number of hydrogen-bond acceptors (Lipinski definition) is 13. The largest absolute Gasteiger partial charge is 0.447 e. The highest BCUT2D eigenvalue weighted by molar-refractivity contribution is 6.36. The minimum Gasteiger partial charge on any atom is -0.447 e. The number of fused-ring (bicyclic) bond motifs is 3. The number of aryl methyl sites for hydroxylation is 2. The maximum Gasteiger partial charge on any atom is 0.320 e. The molecule has 1 saturated heterocycles. The number of carbonyl (C=O) groups is 5. The van der Waals surface area contributed by atoms with Crippen LogP contribution in [0.25, 0.3) is 10.8 Å². The van der Waals surface area contributed by atoms with Crippen LogP contribution >= 0.6 is 11.6 Å². The second-order valence-corrected chi connectivity index (χ2v) is 19.5. The molecule has 1 aromatic heterocycles. The lowest BCUT2D eigenvalue weighted by atomic mass is 10.0. The van der Waals surface area contributed by atoms with E-state index in [1.165, 1.54) is 11.9 Å². The fourth-order valence-corrected chi connectivity index (χ4v) is 10.4. The highest BCUT2D eigenvalue weighted by Gasteiger charge is 2.39. The van der Waals surface area contributed by atoms with Gasteiger partial charge in [0.2, 0.25) is 5.91 Å². The predicted octanol–water partition coefficient (Wildman–Crippen LogP) is 7.16. The first-order chi connectivity index (χ1) is 36.3. The Balaban J connectivity index is 1.01. The fourth-order valence-electron chi connectivity index (χ4n) is 10.1. The molecule has 3 aliphatic heterocycles. The molecule has 2 unspecified atom stereocenters. The lowest BCUT2D eigenvalue weighted by molar-refractivity contribution is -0.129. The number of piperazine rings is 1. The summed E-state index contributed by atoms with van der Waals surface area (Å²) in [6.07, 6.45) is 3.66. The van der Waals surface area contributed by atoms with Crippen LogP contribution in [0.15, 0.2) is 78.9 Å². The lowest BCUT2D eigenvalue weighted by Crippen LogP contribution is -2.56. The Morgan fingerprint density at radius 1 is 1.00 bits per heavy atom. The van der Waals surface area contributed by atoms with E-state index >= 15 is 0 Å². The minimum absolute atomic E-state index is 0.0349. The van der Waals surface area contributed by atoms with Gasteiger partial charge in [0.15, 0.2) is 0 Å². The van der Waals surface area contributed by atoms with Crippen LogP contribution in [0.2, 0.25) is 5.02 Å². The molecular formula is C56H65ClN12O6. The van der Waals surface area contributed by atoms with Gasteiger partial charge in [0.1, 0.15) is 24.9 Å². The van der Waals surface area contributed by atoms with E-state index in [-0.39, 0.29) is 75.6 Å². The maximum absolute atomic E-state index is 14.6. The van der Waals surface area contributed by atoms with Crippen LogP contribution in [0.3, 0.4) is 0 Å². The second kappa shape index (κ2) is 24.5. The number of likely N-dealkylation sites (N-methyl/N-ethyl adjacent to an activating group) is 1. The van der Waals surface area contributed by atoms with Crippen molar-refractivity contribution in [2.24, 2.45) is 0 Å². The van der Waals surface area contributed by atoms with E-state index < -0.39 is 24.0 Å². The van der Waals surface area contributed by atoms with Gasteiger partial charge >= 0.3 is 12.0 Å². The summed E-state index contributed by atoms with van der Waals surface area (Å²) in [4.78, 5) is 83.8. The Morgan fingerprint density at radius 3 is 2.57 bits per heavy atom. The molecule has 2 atom stereocenters. The van der Waals surface area contributed by atoms with Crippen molar-refractivity contribution < 1.29 is 28.7 Å². The molecule has 4 aromatic carbocycles. The summed E-state index contributed by atoms with van der Waals surface area (Å²) >= 11 is 6.79. The van der Waals surface area contributed by atoms with Gasteiger partial charge in [0.05, 0.1) is 35.8 Å². The number of benzene rings is 4. The van der Waals surface area contributed by atoms with Gasteiger partial charge in [0.25, 0.3) is 11.8 Å². The monoisotopic (exact) mass is 1040 g/mol. The zero-order valence-corrected chi connectivity index (χ0v) is 43.8. The van der Waals surface area contributed by atoms with E-state index in [4.69, 9.17) is 26.3 Å². The van der Waals surface area contributed by atoms with Gasteiger partial charge in [-0.05, 0) is 92.1 Å². The van der Waals surface area contributed by atoms with Crippen LogP contribution in [0, 0.1) is 25.2 Å². The number of anilines is 4. The van der Waals surface area contributed by atoms with Gasteiger partial charge < -0.3 is 50.4 Å². The van der Waals surface area contributed by atoms with Crippen LogP contribution in [-0.4, -0.2) is 115 Å². The zero-order valence-electron chi connectivity index (χ0n) is 43.1. The number of urea groups is 1. The second-order valence-electron chi connectivity index (χ2n) is 19.1. The average molecular weight is 1040 g/mol. The van der Waals surface area contributed by atoms with E-state index in [2.05, 4.69) is 74.2 Å². The molecular weight excluding hydrogens is 972 g/mol. The molecule has 19 heteroatoms. The quantitative estimate of drug-likeness (QED) is 0.0214. The Hall–Kier alpha value is -7.75. The third-order valence-corrected chi connectivity index (χ3v) is 14.6. The number of aromatic nitrogens is 2. The Labute approximate surface area is 442 Å². The van der Waals surface area contributed by atoms with Crippen molar-refractivity contribution in [1.29, 1.82) is 5.26 Å². The van der Waals surface area contributed by atoms with E-state index in [1.54, 1.807) is 17.0 Å². The lowest BCUT2D eigenvalue weighted by Gasteiger charge is -2.42. The van der Waals surface area contributed by atoms with E-state index in [1.807, 2.05) is 50.2 Å². The highest BCUT2D eigenvalue weighted by Crippen LogP contribution is 2.38. The molecule has 0 spiro atoms. The van der Waals surface area contributed by atoms with Crippen LogP contribution in [0.5, 0.6) is 6.01 Å².